The van der Waals surface area contributed by atoms with Crippen molar-refractivity contribution in [1.82, 2.24) is 9.80 Å². The molecule has 1 amide bonds. The lowest BCUT2D eigenvalue weighted by Gasteiger charge is -2.34. The first-order chi connectivity index (χ1) is 9.77. The van der Waals surface area contributed by atoms with Crippen molar-refractivity contribution in [2.45, 2.75) is 19.6 Å². The average molecular weight is 304 g/mol. The molecule has 3 nitrogen and oxygen atoms in total. The molecule has 0 unspecified atom stereocenters. The third kappa shape index (κ3) is 3.93. The second-order valence-electron chi connectivity index (χ2n) is 5.08. The van der Waals surface area contributed by atoms with E-state index >= 15 is 0 Å². The number of rotatable bonds is 2. The van der Waals surface area contributed by atoms with Crippen LogP contribution in [0, 0.1) is 5.82 Å². The average Bonchev–Trinajstić information content (AvgIpc) is 2.38. The summed E-state index contributed by atoms with van der Waals surface area (Å²) in [6.45, 7) is 3.40. The molecule has 1 aliphatic rings. The minimum Gasteiger partial charge on any atom is -0.340 e. The Bertz CT molecular complexity index is 522. The van der Waals surface area contributed by atoms with Crippen molar-refractivity contribution in [3.8, 4) is 0 Å². The van der Waals surface area contributed by atoms with Gasteiger partial charge in [-0.2, -0.15) is 13.2 Å². The Kier molecular flexibility index (Phi) is 4.51. The van der Waals surface area contributed by atoms with Crippen LogP contribution in [0.5, 0.6) is 0 Å². The van der Waals surface area contributed by atoms with Gasteiger partial charge in [-0.05, 0) is 23.8 Å². The topological polar surface area (TPSA) is 23.6 Å². The summed E-state index contributed by atoms with van der Waals surface area (Å²) in [5.41, 5.74) is -0.878. The van der Waals surface area contributed by atoms with Gasteiger partial charge in [-0.15, -0.1) is 0 Å². The molecule has 0 spiro atoms. The Labute approximate surface area is 120 Å². The number of benzene rings is 1. The van der Waals surface area contributed by atoms with Gasteiger partial charge in [0.1, 0.15) is 5.82 Å². The Morgan fingerprint density at radius 2 is 1.81 bits per heavy atom. The number of alkyl halides is 3. The normalized spacial score (nSPS) is 17.1. The van der Waals surface area contributed by atoms with Gasteiger partial charge >= 0.3 is 6.18 Å². The van der Waals surface area contributed by atoms with Crippen molar-refractivity contribution in [3.63, 3.8) is 0 Å². The van der Waals surface area contributed by atoms with Crippen molar-refractivity contribution in [2.75, 3.05) is 26.2 Å². The van der Waals surface area contributed by atoms with E-state index < -0.39 is 17.6 Å². The Hall–Kier alpha value is -1.63. The Balaban J connectivity index is 2.10. The molecule has 21 heavy (non-hydrogen) atoms. The summed E-state index contributed by atoms with van der Waals surface area (Å²) >= 11 is 0. The molecule has 0 radical (unpaired) electrons. The maximum absolute atomic E-state index is 13.2. The van der Waals surface area contributed by atoms with Crippen LogP contribution in [0.25, 0.3) is 0 Å². The van der Waals surface area contributed by atoms with E-state index in [9.17, 15) is 22.4 Å². The second kappa shape index (κ2) is 6.01. The van der Waals surface area contributed by atoms with Gasteiger partial charge in [-0.1, -0.05) is 0 Å². The first-order valence-electron chi connectivity index (χ1n) is 6.61. The molecule has 0 bridgehead atoms. The molecule has 1 aromatic carbocycles. The quantitative estimate of drug-likeness (QED) is 0.784. The van der Waals surface area contributed by atoms with E-state index in [4.69, 9.17) is 0 Å². The van der Waals surface area contributed by atoms with Crippen LogP contribution < -0.4 is 0 Å². The highest BCUT2D eigenvalue weighted by Crippen LogP contribution is 2.33. The van der Waals surface area contributed by atoms with E-state index in [1.807, 2.05) is 0 Å². The monoisotopic (exact) mass is 304 g/mol. The van der Waals surface area contributed by atoms with Gasteiger partial charge in [-0.25, -0.2) is 4.39 Å². The summed E-state index contributed by atoms with van der Waals surface area (Å²) in [7, 11) is 0. The number of carbonyl (C=O) groups is 1. The zero-order valence-electron chi connectivity index (χ0n) is 11.6. The third-order valence-corrected chi connectivity index (χ3v) is 3.58. The van der Waals surface area contributed by atoms with Crippen LogP contribution in [0.3, 0.4) is 0 Å². The van der Waals surface area contributed by atoms with Crippen LogP contribution in [-0.4, -0.2) is 41.9 Å². The first-order valence-corrected chi connectivity index (χ1v) is 6.61. The Morgan fingerprint density at radius 3 is 2.33 bits per heavy atom. The summed E-state index contributed by atoms with van der Waals surface area (Å²) < 4.78 is 51.9. The molecular formula is C14H16F4N2O. The first kappa shape index (κ1) is 15.8. The maximum atomic E-state index is 13.2. The van der Waals surface area contributed by atoms with Gasteiger partial charge < -0.3 is 4.90 Å². The summed E-state index contributed by atoms with van der Waals surface area (Å²) in [4.78, 5) is 14.6. The molecule has 0 atom stereocenters. The zero-order valence-corrected chi connectivity index (χ0v) is 11.6. The molecule has 1 fully saturated rings. The standard InChI is InChI=1S/C14H16F4N2O/c1-10(21)20-6-4-19(5-7-20)9-11-8-12(15)2-3-13(11)14(16,17)18/h2-3,8H,4-7,9H2,1H3. The van der Waals surface area contributed by atoms with Gasteiger partial charge in [0.25, 0.3) is 0 Å². The molecule has 2 rings (SSSR count). The van der Waals surface area contributed by atoms with Gasteiger partial charge in [0, 0.05) is 39.6 Å². The van der Waals surface area contributed by atoms with Crippen molar-refractivity contribution < 1.29 is 22.4 Å². The number of amides is 1. The van der Waals surface area contributed by atoms with Crippen LogP contribution in [0.2, 0.25) is 0 Å². The number of nitrogens with zero attached hydrogens (tertiary/aromatic N) is 2. The number of carbonyl (C=O) groups excluding carboxylic acids is 1. The van der Waals surface area contributed by atoms with Crippen LogP contribution in [-0.2, 0) is 17.5 Å². The molecular weight excluding hydrogens is 288 g/mol. The smallest absolute Gasteiger partial charge is 0.340 e. The SMILES string of the molecule is CC(=O)N1CCN(Cc2cc(F)ccc2C(F)(F)F)CC1. The van der Waals surface area contributed by atoms with Crippen molar-refractivity contribution in [2.24, 2.45) is 0 Å². The molecule has 0 aliphatic carbocycles. The van der Waals surface area contributed by atoms with E-state index in [0.717, 1.165) is 18.2 Å². The van der Waals surface area contributed by atoms with E-state index in [-0.39, 0.29) is 18.0 Å². The molecule has 0 saturated carbocycles. The van der Waals surface area contributed by atoms with Gasteiger partial charge in [0.05, 0.1) is 5.56 Å². The third-order valence-electron chi connectivity index (χ3n) is 3.58. The molecule has 0 N–H and O–H groups in total. The summed E-state index contributed by atoms with van der Waals surface area (Å²) in [5, 5.41) is 0. The highest BCUT2D eigenvalue weighted by Gasteiger charge is 2.34. The fraction of sp³-hybridized carbons (Fsp3) is 0.500. The highest BCUT2D eigenvalue weighted by atomic mass is 19.4. The molecule has 1 aromatic rings. The van der Waals surface area contributed by atoms with Crippen molar-refractivity contribution in [1.29, 1.82) is 0 Å². The fourth-order valence-electron chi connectivity index (χ4n) is 2.43. The minimum absolute atomic E-state index is 0.0261. The summed E-state index contributed by atoms with van der Waals surface area (Å²) in [6, 6.07) is 2.52. The zero-order chi connectivity index (χ0) is 15.6. The molecule has 116 valence electrons. The predicted molar refractivity (Wildman–Crippen MR) is 68.9 cm³/mol. The van der Waals surface area contributed by atoms with Gasteiger partial charge in [-0.3, -0.25) is 9.69 Å². The lowest BCUT2D eigenvalue weighted by molar-refractivity contribution is -0.138. The summed E-state index contributed by atoms with van der Waals surface area (Å²) in [5.74, 6) is -0.725. The van der Waals surface area contributed by atoms with Crippen LogP contribution >= 0.6 is 0 Å². The molecule has 1 heterocycles. The lowest BCUT2D eigenvalue weighted by atomic mass is 10.1. The van der Waals surface area contributed by atoms with Gasteiger partial charge in [0.2, 0.25) is 5.91 Å². The van der Waals surface area contributed by atoms with E-state index in [0.29, 0.717) is 26.2 Å². The number of piperazine rings is 1. The van der Waals surface area contributed by atoms with E-state index in [2.05, 4.69) is 0 Å². The Morgan fingerprint density at radius 1 is 1.19 bits per heavy atom. The number of halogens is 4. The van der Waals surface area contributed by atoms with Gasteiger partial charge in [0.15, 0.2) is 0 Å². The van der Waals surface area contributed by atoms with E-state index in [1.54, 1.807) is 9.80 Å². The van der Waals surface area contributed by atoms with Crippen molar-refractivity contribution in [3.05, 3.63) is 35.1 Å². The minimum atomic E-state index is -4.50. The molecule has 7 heteroatoms. The van der Waals surface area contributed by atoms with E-state index in [1.165, 1.54) is 6.92 Å². The maximum Gasteiger partial charge on any atom is 0.416 e. The largest absolute Gasteiger partial charge is 0.416 e. The fourth-order valence-corrected chi connectivity index (χ4v) is 2.43. The number of hydrogen-bond acceptors (Lipinski definition) is 2. The molecule has 1 aliphatic heterocycles. The molecule has 0 aromatic heterocycles. The van der Waals surface area contributed by atoms with Crippen LogP contribution in [0.1, 0.15) is 18.1 Å². The predicted octanol–water partition coefficient (Wildman–Crippen LogP) is 2.51. The summed E-state index contributed by atoms with van der Waals surface area (Å²) in [6.07, 6.45) is -4.50. The number of hydrogen-bond donors (Lipinski definition) is 0. The van der Waals surface area contributed by atoms with Crippen LogP contribution in [0.4, 0.5) is 17.6 Å². The molecule has 1 saturated heterocycles. The lowest BCUT2D eigenvalue weighted by Crippen LogP contribution is -2.47. The van der Waals surface area contributed by atoms with Crippen molar-refractivity contribution >= 4 is 5.91 Å². The van der Waals surface area contributed by atoms with Crippen LogP contribution in [0.15, 0.2) is 18.2 Å². The second-order valence-corrected chi connectivity index (χ2v) is 5.08. The highest BCUT2D eigenvalue weighted by molar-refractivity contribution is 5.73.